The summed E-state index contributed by atoms with van der Waals surface area (Å²) in [5, 5.41) is 7.48. The number of hydrogen-bond donors (Lipinski definition) is 2. The van der Waals surface area contributed by atoms with Crippen molar-refractivity contribution in [3.63, 3.8) is 0 Å². The highest BCUT2D eigenvalue weighted by atomic mass is 35.6. The van der Waals surface area contributed by atoms with E-state index in [0.29, 0.717) is 5.56 Å². The predicted octanol–water partition coefficient (Wildman–Crippen LogP) is 5.07. The van der Waals surface area contributed by atoms with E-state index in [1.165, 1.54) is 24.3 Å². The van der Waals surface area contributed by atoms with Crippen LogP contribution in [0.2, 0.25) is 0 Å². The highest BCUT2D eigenvalue weighted by molar-refractivity contribution is 7.90. The second-order valence-electron chi connectivity index (χ2n) is 6.22. The molecule has 0 aliphatic carbocycles. The van der Waals surface area contributed by atoms with Crippen LogP contribution < -0.4 is 4.72 Å². The van der Waals surface area contributed by atoms with Crippen molar-refractivity contribution < 1.29 is 22.7 Å². The van der Waals surface area contributed by atoms with Gasteiger partial charge in [-0.25, -0.2) is 17.9 Å². The Kier molecular flexibility index (Phi) is 8.76. The Balaban J connectivity index is 2.09. The van der Waals surface area contributed by atoms with Crippen LogP contribution >= 0.6 is 34.8 Å². The maximum atomic E-state index is 12.4. The summed E-state index contributed by atoms with van der Waals surface area (Å²) in [4.78, 5) is 12.2. The first-order valence-corrected chi connectivity index (χ1v) is 11.4. The number of amides is 1. The minimum atomic E-state index is -4.10. The van der Waals surface area contributed by atoms with Crippen LogP contribution in [0, 0.1) is 12.3 Å². The Labute approximate surface area is 195 Å². The summed E-state index contributed by atoms with van der Waals surface area (Å²) < 4.78 is 35.0. The number of aryl methyl sites for hydroxylation is 1. The van der Waals surface area contributed by atoms with Crippen molar-refractivity contribution >= 4 is 56.8 Å². The molecule has 7 nitrogen and oxygen atoms in total. The van der Waals surface area contributed by atoms with E-state index < -0.39 is 31.9 Å². The molecule has 0 radical (unpaired) electrons. The van der Waals surface area contributed by atoms with Gasteiger partial charge in [0.05, 0.1) is 4.90 Å². The number of carbonyl (C=O) groups is 1. The van der Waals surface area contributed by atoms with Gasteiger partial charge in [-0.3, -0.25) is 5.41 Å². The number of rotatable bonds is 7. The Morgan fingerprint density at radius 2 is 1.74 bits per heavy atom. The van der Waals surface area contributed by atoms with Gasteiger partial charge in [-0.15, -0.1) is 0 Å². The average molecular weight is 506 g/mol. The van der Waals surface area contributed by atoms with Gasteiger partial charge >= 0.3 is 6.09 Å². The summed E-state index contributed by atoms with van der Waals surface area (Å²) in [5.41, 5.74) is 1.46. The third-order valence-corrected chi connectivity index (χ3v) is 5.65. The fourth-order valence-electron chi connectivity index (χ4n) is 2.28. The Morgan fingerprint density at radius 3 is 2.32 bits per heavy atom. The van der Waals surface area contributed by atoms with Crippen LogP contribution in [0.3, 0.4) is 0 Å². The lowest BCUT2D eigenvalue weighted by Gasteiger charge is -2.16. The molecule has 2 N–H and O–H groups in total. The first kappa shape index (κ1) is 25.0. The van der Waals surface area contributed by atoms with Crippen LogP contribution in [0.5, 0.6) is 0 Å². The molecular formula is C20H19Cl3N2O5S. The molecule has 0 aliphatic heterocycles. The zero-order valence-corrected chi connectivity index (χ0v) is 19.3. The highest BCUT2D eigenvalue weighted by Gasteiger charge is 2.28. The number of carbonyl (C=O) groups excluding carboxylic acids is 1. The molecule has 2 rings (SSSR count). The van der Waals surface area contributed by atoms with Gasteiger partial charge in [-0.05, 0) is 36.8 Å². The molecule has 166 valence electrons. The second-order valence-corrected chi connectivity index (χ2v) is 10.2. The number of benzene rings is 2. The van der Waals surface area contributed by atoms with Crippen molar-refractivity contribution in [3.8, 4) is 0 Å². The van der Waals surface area contributed by atoms with Crippen molar-refractivity contribution in [2.75, 3.05) is 6.61 Å². The van der Waals surface area contributed by atoms with Gasteiger partial charge in [0.25, 0.3) is 13.8 Å². The number of sulfonamides is 1. The zero-order chi connectivity index (χ0) is 23.1. The lowest BCUT2D eigenvalue weighted by Crippen LogP contribution is -2.32. The molecule has 0 spiro atoms. The second kappa shape index (κ2) is 10.9. The van der Waals surface area contributed by atoms with Crippen LogP contribution in [0.15, 0.2) is 71.6 Å². The first-order chi connectivity index (χ1) is 14.5. The van der Waals surface area contributed by atoms with Crippen molar-refractivity contribution in [3.05, 3.63) is 77.9 Å². The van der Waals surface area contributed by atoms with E-state index in [4.69, 9.17) is 49.7 Å². The molecular weight excluding hydrogens is 487 g/mol. The molecule has 2 aromatic rings. The van der Waals surface area contributed by atoms with Gasteiger partial charge in [-0.1, -0.05) is 82.8 Å². The summed E-state index contributed by atoms with van der Waals surface area (Å²) in [6.07, 6.45) is 0.817. The smallest absolute Gasteiger partial charge is 0.422 e. The molecule has 0 bridgehead atoms. The molecule has 1 unspecified atom stereocenters. The number of hydrogen-bond acceptors (Lipinski definition) is 6. The van der Waals surface area contributed by atoms with Crippen molar-refractivity contribution in [2.45, 2.75) is 21.7 Å². The molecule has 0 fully saturated rings. The molecule has 0 saturated carbocycles. The van der Waals surface area contributed by atoms with Crippen LogP contribution in [-0.2, 0) is 19.5 Å². The molecule has 31 heavy (non-hydrogen) atoms. The summed E-state index contributed by atoms with van der Waals surface area (Å²) in [6, 6.07) is 14.6. The number of nitrogens with one attached hydrogen (secondary N) is 2. The van der Waals surface area contributed by atoms with E-state index in [9.17, 15) is 13.2 Å². The van der Waals surface area contributed by atoms with Crippen molar-refractivity contribution in [2.24, 2.45) is 0 Å². The Bertz CT molecular complexity index is 1040. The van der Waals surface area contributed by atoms with E-state index in [0.717, 1.165) is 5.56 Å². The predicted molar refractivity (Wildman–Crippen MR) is 120 cm³/mol. The summed E-state index contributed by atoms with van der Waals surface area (Å²) >= 11 is 16.6. The topological polar surface area (TPSA) is 106 Å². The largest absolute Gasteiger partial charge is 0.474 e. The van der Waals surface area contributed by atoms with Gasteiger partial charge in [0, 0.05) is 0 Å². The molecule has 11 heteroatoms. The van der Waals surface area contributed by atoms with Crippen molar-refractivity contribution in [1.29, 1.82) is 5.41 Å². The standard InChI is InChI=1S/C20H19Cl3N2O5S/c1-14-9-11-16(12-10-14)31(27,28)25-19(26)30-17(15-6-3-2-4-7-15)8-5-13-29-18(24)20(21,22)23/h2-12,17,24H,13H2,1H3,(H,25,26)/b8-5-,24-18?. The van der Waals surface area contributed by atoms with Gasteiger partial charge < -0.3 is 9.47 Å². The normalized spacial score (nSPS) is 12.9. The fourth-order valence-corrected chi connectivity index (χ4v) is 3.32. The quantitative estimate of drug-likeness (QED) is 0.236. The van der Waals surface area contributed by atoms with E-state index in [1.807, 2.05) is 11.6 Å². The molecule has 0 aliphatic rings. The summed E-state index contributed by atoms with van der Waals surface area (Å²) in [6.45, 7) is 1.68. The minimum Gasteiger partial charge on any atom is -0.474 e. The monoisotopic (exact) mass is 504 g/mol. The highest BCUT2D eigenvalue weighted by Crippen LogP contribution is 2.27. The minimum absolute atomic E-state index is 0.0690. The average Bonchev–Trinajstić information content (AvgIpc) is 2.70. The first-order valence-electron chi connectivity index (χ1n) is 8.79. The van der Waals surface area contributed by atoms with E-state index in [-0.39, 0.29) is 11.5 Å². The third-order valence-electron chi connectivity index (χ3n) is 3.80. The lowest BCUT2D eigenvalue weighted by molar-refractivity contribution is 0.125. The Morgan fingerprint density at radius 1 is 1.13 bits per heavy atom. The number of ether oxygens (including phenoxy) is 2. The molecule has 2 aromatic carbocycles. The maximum Gasteiger partial charge on any atom is 0.422 e. The van der Waals surface area contributed by atoms with Crippen LogP contribution in [0.1, 0.15) is 17.2 Å². The van der Waals surface area contributed by atoms with E-state index in [2.05, 4.69) is 0 Å². The van der Waals surface area contributed by atoms with Crippen LogP contribution in [0.4, 0.5) is 4.79 Å². The van der Waals surface area contributed by atoms with Gasteiger partial charge in [-0.2, -0.15) is 0 Å². The summed E-state index contributed by atoms with van der Waals surface area (Å²) in [5.74, 6) is -0.568. The zero-order valence-electron chi connectivity index (χ0n) is 16.2. The third kappa shape index (κ3) is 8.06. The number of alkyl halides is 3. The van der Waals surface area contributed by atoms with Gasteiger partial charge in [0.1, 0.15) is 12.7 Å². The molecule has 1 amide bonds. The maximum absolute atomic E-state index is 12.4. The summed E-state index contributed by atoms with van der Waals surface area (Å²) in [7, 11) is -4.10. The SMILES string of the molecule is Cc1ccc(S(=O)(=O)NC(=O)OC(/C=C\COC(=N)C(Cl)(Cl)Cl)c2ccccc2)cc1. The molecule has 0 heterocycles. The van der Waals surface area contributed by atoms with Crippen LogP contribution in [0.25, 0.3) is 0 Å². The van der Waals surface area contributed by atoms with Gasteiger partial charge in [0.15, 0.2) is 0 Å². The molecule has 0 aromatic heterocycles. The molecule has 0 saturated heterocycles. The Hall–Kier alpha value is -2.26. The van der Waals surface area contributed by atoms with Gasteiger partial charge in [0.2, 0.25) is 5.90 Å². The van der Waals surface area contributed by atoms with Crippen molar-refractivity contribution in [1.82, 2.24) is 4.72 Å². The lowest BCUT2D eigenvalue weighted by atomic mass is 10.1. The fraction of sp³-hybridized carbons (Fsp3) is 0.200. The van der Waals surface area contributed by atoms with E-state index in [1.54, 1.807) is 42.5 Å². The molecule has 1 atom stereocenters. The number of halogens is 3. The van der Waals surface area contributed by atoms with E-state index >= 15 is 0 Å². The van der Waals surface area contributed by atoms with Crippen LogP contribution in [-0.4, -0.2) is 30.8 Å².